The smallest absolute Gasteiger partial charge is 0.305 e. The fourth-order valence-corrected chi connectivity index (χ4v) is 2.66. The number of fused-ring (bicyclic) bond motifs is 1. The Morgan fingerprint density at radius 3 is 3.05 bits per heavy atom. The SMILES string of the molecule is CCOC(=O)CCCNC(CC)c1ccc2c(c1)CCO2. The standard InChI is InChI=1S/C17H25NO3/c1-3-15(18-10-5-6-17(19)20-4-2)13-7-8-16-14(12-13)9-11-21-16/h7-8,12,15,18H,3-6,9-11H2,1-2H3. The van der Waals surface area contributed by atoms with Gasteiger partial charge in [-0.05, 0) is 43.5 Å². The Bertz CT molecular complexity index is 473. The Morgan fingerprint density at radius 2 is 2.29 bits per heavy atom. The van der Waals surface area contributed by atoms with Gasteiger partial charge in [0, 0.05) is 18.9 Å². The second kappa shape index (κ2) is 8.03. The third-order valence-electron chi connectivity index (χ3n) is 3.78. The molecule has 0 amide bonds. The molecule has 1 aliphatic heterocycles. The first-order chi connectivity index (χ1) is 10.2. The first kappa shape index (κ1) is 15.8. The second-order valence-corrected chi connectivity index (χ2v) is 5.29. The summed E-state index contributed by atoms with van der Waals surface area (Å²) in [6.07, 6.45) is 3.32. The lowest BCUT2D eigenvalue weighted by atomic mass is 10.0. The summed E-state index contributed by atoms with van der Waals surface area (Å²) in [4.78, 5) is 11.3. The largest absolute Gasteiger partial charge is 0.493 e. The maximum atomic E-state index is 11.3. The number of esters is 1. The summed E-state index contributed by atoms with van der Waals surface area (Å²) in [6, 6.07) is 6.78. The molecule has 116 valence electrons. The number of ether oxygens (including phenoxy) is 2. The van der Waals surface area contributed by atoms with E-state index in [-0.39, 0.29) is 5.97 Å². The molecule has 1 aromatic rings. The monoisotopic (exact) mass is 291 g/mol. The molecule has 21 heavy (non-hydrogen) atoms. The lowest BCUT2D eigenvalue weighted by molar-refractivity contribution is -0.143. The number of hydrogen-bond acceptors (Lipinski definition) is 4. The predicted octanol–water partition coefficient (Wildman–Crippen LogP) is 3.01. The van der Waals surface area contributed by atoms with Crippen LogP contribution < -0.4 is 10.1 Å². The summed E-state index contributed by atoms with van der Waals surface area (Å²) in [6.45, 7) is 6.09. The quantitative estimate of drug-likeness (QED) is 0.591. The van der Waals surface area contributed by atoms with Crippen LogP contribution in [0.1, 0.15) is 50.3 Å². The lowest BCUT2D eigenvalue weighted by Gasteiger charge is -2.18. The molecule has 0 bridgehead atoms. The van der Waals surface area contributed by atoms with E-state index in [1.165, 1.54) is 11.1 Å². The minimum atomic E-state index is -0.109. The maximum Gasteiger partial charge on any atom is 0.305 e. The average molecular weight is 291 g/mol. The van der Waals surface area contributed by atoms with Crippen molar-refractivity contribution in [2.75, 3.05) is 19.8 Å². The van der Waals surface area contributed by atoms with Crippen molar-refractivity contribution in [2.45, 2.75) is 45.6 Å². The van der Waals surface area contributed by atoms with E-state index in [9.17, 15) is 4.79 Å². The highest BCUT2D eigenvalue weighted by atomic mass is 16.5. The van der Waals surface area contributed by atoms with Crippen LogP contribution in [0.5, 0.6) is 5.75 Å². The first-order valence-electron chi connectivity index (χ1n) is 7.89. The minimum Gasteiger partial charge on any atom is -0.493 e. The van der Waals surface area contributed by atoms with Crippen LogP contribution in [-0.4, -0.2) is 25.7 Å². The van der Waals surface area contributed by atoms with E-state index >= 15 is 0 Å². The number of carbonyl (C=O) groups excluding carboxylic acids is 1. The van der Waals surface area contributed by atoms with E-state index in [1.807, 2.05) is 6.92 Å². The number of carbonyl (C=O) groups is 1. The molecule has 0 aliphatic carbocycles. The summed E-state index contributed by atoms with van der Waals surface area (Å²) >= 11 is 0. The maximum absolute atomic E-state index is 11.3. The Kier molecular flexibility index (Phi) is 6.05. The van der Waals surface area contributed by atoms with Crippen LogP contribution in [0.15, 0.2) is 18.2 Å². The molecule has 1 atom stereocenters. The van der Waals surface area contributed by atoms with Gasteiger partial charge in [-0.15, -0.1) is 0 Å². The van der Waals surface area contributed by atoms with Gasteiger partial charge in [-0.2, -0.15) is 0 Å². The van der Waals surface area contributed by atoms with Crippen molar-refractivity contribution in [1.82, 2.24) is 5.32 Å². The number of benzene rings is 1. The van der Waals surface area contributed by atoms with Gasteiger partial charge in [0.05, 0.1) is 13.2 Å². The van der Waals surface area contributed by atoms with Crippen LogP contribution in [0.25, 0.3) is 0 Å². The van der Waals surface area contributed by atoms with Gasteiger partial charge in [0.15, 0.2) is 0 Å². The zero-order valence-electron chi connectivity index (χ0n) is 13.0. The molecule has 0 saturated heterocycles. The highest BCUT2D eigenvalue weighted by molar-refractivity contribution is 5.69. The molecule has 1 N–H and O–H groups in total. The van der Waals surface area contributed by atoms with E-state index in [0.717, 1.165) is 38.2 Å². The third-order valence-corrected chi connectivity index (χ3v) is 3.78. The highest BCUT2D eigenvalue weighted by Crippen LogP contribution is 2.29. The van der Waals surface area contributed by atoms with Gasteiger partial charge in [-0.3, -0.25) is 4.79 Å². The van der Waals surface area contributed by atoms with Crippen LogP contribution in [0.3, 0.4) is 0 Å². The minimum absolute atomic E-state index is 0.109. The molecule has 0 saturated carbocycles. The van der Waals surface area contributed by atoms with E-state index in [2.05, 4.69) is 30.4 Å². The Balaban J connectivity index is 1.81. The summed E-state index contributed by atoms with van der Waals surface area (Å²) in [5.41, 5.74) is 2.61. The molecular weight excluding hydrogens is 266 g/mol. The average Bonchev–Trinajstić information content (AvgIpc) is 2.95. The van der Waals surface area contributed by atoms with Crippen LogP contribution >= 0.6 is 0 Å². The summed E-state index contributed by atoms with van der Waals surface area (Å²) in [7, 11) is 0. The zero-order valence-corrected chi connectivity index (χ0v) is 13.0. The molecule has 0 radical (unpaired) electrons. The molecule has 4 heteroatoms. The van der Waals surface area contributed by atoms with Gasteiger partial charge in [0.25, 0.3) is 0 Å². The number of rotatable bonds is 8. The molecule has 0 spiro atoms. The topological polar surface area (TPSA) is 47.6 Å². The highest BCUT2D eigenvalue weighted by Gasteiger charge is 2.15. The number of nitrogens with one attached hydrogen (secondary N) is 1. The summed E-state index contributed by atoms with van der Waals surface area (Å²) in [5, 5.41) is 3.53. The van der Waals surface area contributed by atoms with Crippen molar-refractivity contribution in [3.8, 4) is 5.75 Å². The molecule has 1 heterocycles. The third kappa shape index (κ3) is 4.46. The lowest BCUT2D eigenvalue weighted by Crippen LogP contribution is -2.22. The Hall–Kier alpha value is -1.55. The van der Waals surface area contributed by atoms with E-state index < -0.39 is 0 Å². The van der Waals surface area contributed by atoms with Crippen molar-refractivity contribution in [3.05, 3.63) is 29.3 Å². The first-order valence-corrected chi connectivity index (χ1v) is 7.89. The van der Waals surface area contributed by atoms with Crippen molar-refractivity contribution in [2.24, 2.45) is 0 Å². The van der Waals surface area contributed by atoms with Gasteiger partial charge in [-0.1, -0.05) is 19.1 Å². The molecule has 0 fully saturated rings. The van der Waals surface area contributed by atoms with Gasteiger partial charge in [0.2, 0.25) is 0 Å². The summed E-state index contributed by atoms with van der Waals surface area (Å²) < 4.78 is 10.5. The Labute approximate surface area is 126 Å². The van der Waals surface area contributed by atoms with Gasteiger partial charge >= 0.3 is 5.97 Å². The normalized spacial score (nSPS) is 14.4. The molecule has 4 nitrogen and oxygen atoms in total. The number of hydrogen-bond donors (Lipinski definition) is 1. The fraction of sp³-hybridized carbons (Fsp3) is 0.588. The predicted molar refractivity (Wildman–Crippen MR) is 82.5 cm³/mol. The molecule has 1 aliphatic rings. The van der Waals surface area contributed by atoms with Gasteiger partial charge < -0.3 is 14.8 Å². The van der Waals surface area contributed by atoms with Crippen molar-refractivity contribution in [3.63, 3.8) is 0 Å². The van der Waals surface area contributed by atoms with Crippen LogP contribution in [0, 0.1) is 0 Å². The molecule has 0 aromatic heterocycles. The van der Waals surface area contributed by atoms with E-state index in [4.69, 9.17) is 9.47 Å². The van der Waals surface area contributed by atoms with Crippen molar-refractivity contribution in [1.29, 1.82) is 0 Å². The summed E-state index contributed by atoms with van der Waals surface area (Å²) in [5.74, 6) is 0.915. The van der Waals surface area contributed by atoms with Crippen LogP contribution in [0.2, 0.25) is 0 Å². The van der Waals surface area contributed by atoms with Gasteiger partial charge in [-0.25, -0.2) is 0 Å². The van der Waals surface area contributed by atoms with Gasteiger partial charge in [0.1, 0.15) is 5.75 Å². The fourth-order valence-electron chi connectivity index (χ4n) is 2.66. The van der Waals surface area contributed by atoms with E-state index in [0.29, 0.717) is 19.1 Å². The zero-order chi connectivity index (χ0) is 15.1. The van der Waals surface area contributed by atoms with Crippen LogP contribution in [0.4, 0.5) is 0 Å². The molecule has 1 unspecified atom stereocenters. The molecular formula is C17H25NO3. The van der Waals surface area contributed by atoms with Crippen molar-refractivity contribution < 1.29 is 14.3 Å². The second-order valence-electron chi connectivity index (χ2n) is 5.29. The molecule has 2 rings (SSSR count). The molecule has 1 aromatic carbocycles. The Morgan fingerprint density at radius 1 is 1.43 bits per heavy atom. The van der Waals surface area contributed by atoms with E-state index in [1.54, 1.807) is 0 Å². The van der Waals surface area contributed by atoms with Crippen molar-refractivity contribution >= 4 is 5.97 Å². The van der Waals surface area contributed by atoms with Crippen LogP contribution in [-0.2, 0) is 16.0 Å².